The largest absolute Gasteiger partial charge is 0.212 e. The lowest BCUT2D eigenvalue weighted by Gasteiger charge is -2.00. The first kappa shape index (κ1) is 9.59. The fourth-order valence-corrected chi connectivity index (χ4v) is 1.93. The fourth-order valence-electron chi connectivity index (χ4n) is 1.93. The van der Waals surface area contributed by atoms with Gasteiger partial charge in [-0.2, -0.15) is 0 Å². The molecule has 0 heterocycles. The highest BCUT2D eigenvalue weighted by atomic mass is 19.1. The summed E-state index contributed by atoms with van der Waals surface area (Å²) in [5.74, 6) is 0.238. The van der Waals surface area contributed by atoms with Crippen molar-refractivity contribution >= 4 is 16.8 Å². The Morgan fingerprint density at radius 2 is 1.81 bits per heavy atom. The molecule has 0 bridgehead atoms. The molecule has 0 nitrogen and oxygen atoms in total. The molecule has 0 N–H and O–H groups in total. The van der Waals surface area contributed by atoms with Gasteiger partial charge in [-0.1, -0.05) is 36.4 Å². The summed E-state index contributed by atoms with van der Waals surface area (Å²) in [5, 5.41) is 2.37. The third-order valence-corrected chi connectivity index (χ3v) is 3.05. The van der Waals surface area contributed by atoms with Gasteiger partial charge in [0.05, 0.1) is 0 Å². The summed E-state index contributed by atoms with van der Waals surface area (Å²) in [5.41, 5.74) is 0.961. The first-order chi connectivity index (χ1) is 7.83. The molecule has 0 aromatic heterocycles. The van der Waals surface area contributed by atoms with Crippen molar-refractivity contribution in [3.8, 4) is 0 Å². The molecule has 1 aliphatic carbocycles. The Morgan fingerprint density at radius 3 is 2.56 bits per heavy atom. The van der Waals surface area contributed by atoms with Crippen LogP contribution in [0.1, 0.15) is 18.4 Å². The Hall–Kier alpha value is -1.63. The molecule has 2 aromatic carbocycles. The van der Waals surface area contributed by atoms with Gasteiger partial charge in [-0.15, -0.1) is 0 Å². The Kier molecular flexibility index (Phi) is 2.24. The molecule has 1 saturated carbocycles. The Morgan fingerprint density at radius 1 is 1.06 bits per heavy atom. The van der Waals surface area contributed by atoms with E-state index < -0.39 is 0 Å². The smallest absolute Gasteiger partial charge is 0.104 e. The number of rotatable bonds is 2. The predicted octanol–water partition coefficient (Wildman–Crippen LogP) is 4.56. The summed E-state index contributed by atoms with van der Waals surface area (Å²) in [7, 11) is 0. The Labute approximate surface area is 94.4 Å². The van der Waals surface area contributed by atoms with Crippen LogP contribution in [-0.4, -0.2) is 0 Å². The molecular formula is C15H13F. The lowest BCUT2D eigenvalue weighted by molar-refractivity contribution is 0.586. The minimum Gasteiger partial charge on any atom is -0.212 e. The summed E-state index contributed by atoms with van der Waals surface area (Å²) in [6.07, 6.45) is 3.69. The third kappa shape index (κ3) is 1.85. The Balaban J connectivity index is 2.01. The van der Waals surface area contributed by atoms with Crippen LogP contribution in [0, 0.1) is 5.92 Å². The monoisotopic (exact) mass is 212 g/mol. The van der Waals surface area contributed by atoms with Crippen LogP contribution in [-0.2, 0) is 0 Å². The van der Waals surface area contributed by atoms with E-state index in [2.05, 4.69) is 12.1 Å². The van der Waals surface area contributed by atoms with Gasteiger partial charge in [-0.05, 0) is 41.3 Å². The SMILES string of the molecule is F/C(=C/c1ccc2ccccc2c1)C1CC1. The summed E-state index contributed by atoms with van der Waals surface area (Å²) in [4.78, 5) is 0. The van der Waals surface area contributed by atoms with Gasteiger partial charge in [0.1, 0.15) is 5.83 Å². The maximum atomic E-state index is 13.5. The second-order valence-electron chi connectivity index (χ2n) is 4.41. The van der Waals surface area contributed by atoms with E-state index in [-0.39, 0.29) is 11.7 Å². The number of hydrogen-bond donors (Lipinski definition) is 0. The predicted molar refractivity (Wildman–Crippen MR) is 65.8 cm³/mol. The average Bonchev–Trinajstić information content (AvgIpc) is 3.12. The topological polar surface area (TPSA) is 0 Å². The standard InChI is InChI=1S/C15H13F/c16-15(13-7-8-13)10-11-5-6-12-3-1-2-4-14(12)9-11/h1-6,9-10,13H,7-8H2/b15-10+. The van der Waals surface area contributed by atoms with Gasteiger partial charge >= 0.3 is 0 Å². The van der Waals surface area contributed by atoms with E-state index >= 15 is 0 Å². The van der Waals surface area contributed by atoms with Gasteiger partial charge < -0.3 is 0 Å². The van der Waals surface area contributed by atoms with Gasteiger partial charge in [-0.3, -0.25) is 0 Å². The van der Waals surface area contributed by atoms with E-state index in [9.17, 15) is 4.39 Å². The van der Waals surface area contributed by atoms with Crippen LogP contribution in [0.15, 0.2) is 48.3 Å². The zero-order valence-electron chi connectivity index (χ0n) is 8.99. The second kappa shape index (κ2) is 3.75. The fraction of sp³-hybridized carbons (Fsp3) is 0.200. The van der Waals surface area contributed by atoms with E-state index in [1.807, 2.05) is 30.3 Å². The highest BCUT2D eigenvalue weighted by Crippen LogP contribution is 2.38. The normalized spacial score (nSPS) is 16.7. The quantitative estimate of drug-likeness (QED) is 0.684. The number of allylic oxidation sites excluding steroid dienone is 1. The molecule has 80 valence electrons. The molecule has 0 aliphatic heterocycles. The van der Waals surface area contributed by atoms with Crippen LogP contribution in [0.5, 0.6) is 0 Å². The molecule has 0 atom stereocenters. The molecule has 0 spiro atoms. The van der Waals surface area contributed by atoms with Crippen LogP contribution in [0.4, 0.5) is 4.39 Å². The molecule has 2 aromatic rings. The van der Waals surface area contributed by atoms with E-state index in [4.69, 9.17) is 0 Å². The zero-order valence-corrected chi connectivity index (χ0v) is 8.99. The van der Waals surface area contributed by atoms with Crippen molar-refractivity contribution < 1.29 is 4.39 Å². The van der Waals surface area contributed by atoms with Crippen molar-refractivity contribution in [3.05, 3.63) is 53.9 Å². The molecule has 1 fully saturated rings. The highest BCUT2D eigenvalue weighted by molar-refractivity contribution is 5.84. The van der Waals surface area contributed by atoms with Crippen LogP contribution in [0.2, 0.25) is 0 Å². The molecule has 3 rings (SSSR count). The molecule has 0 saturated heterocycles. The van der Waals surface area contributed by atoms with Crippen LogP contribution >= 0.6 is 0 Å². The van der Waals surface area contributed by atoms with Gasteiger partial charge in [0.25, 0.3) is 0 Å². The van der Waals surface area contributed by atoms with E-state index in [0.29, 0.717) is 0 Å². The number of benzene rings is 2. The summed E-state index contributed by atoms with van der Waals surface area (Å²) < 4.78 is 13.5. The lowest BCUT2D eigenvalue weighted by Crippen LogP contribution is -1.79. The van der Waals surface area contributed by atoms with Crippen molar-refractivity contribution in [2.45, 2.75) is 12.8 Å². The molecular weight excluding hydrogens is 199 g/mol. The van der Waals surface area contributed by atoms with Gasteiger partial charge in [0.15, 0.2) is 0 Å². The zero-order chi connectivity index (χ0) is 11.0. The average molecular weight is 212 g/mol. The molecule has 0 radical (unpaired) electrons. The molecule has 0 unspecified atom stereocenters. The lowest BCUT2D eigenvalue weighted by atomic mass is 10.1. The first-order valence-corrected chi connectivity index (χ1v) is 5.69. The second-order valence-corrected chi connectivity index (χ2v) is 4.41. The third-order valence-electron chi connectivity index (χ3n) is 3.05. The molecule has 16 heavy (non-hydrogen) atoms. The maximum absolute atomic E-state index is 13.5. The van der Waals surface area contributed by atoms with Crippen molar-refractivity contribution in [1.82, 2.24) is 0 Å². The Bertz CT molecular complexity index is 550. The summed E-state index contributed by atoms with van der Waals surface area (Å²) in [6, 6.07) is 14.2. The number of hydrogen-bond acceptors (Lipinski definition) is 0. The van der Waals surface area contributed by atoms with Crippen molar-refractivity contribution in [1.29, 1.82) is 0 Å². The highest BCUT2D eigenvalue weighted by Gasteiger charge is 2.26. The molecule has 1 heteroatoms. The van der Waals surface area contributed by atoms with Crippen LogP contribution in [0.3, 0.4) is 0 Å². The minimum atomic E-state index is 0.0373. The van der Waals surface area contributed by atoms with Crippen molar-refractivity contribution in [3.63, 3.8) is 0 Å². The van der Waals surface area contributed by atoms with Crippen molar-refractivity contribution in [2.24, 2.45) is 5.92 Å². The number of halogens is 1. The van der Waals surface area contributed by atoms with Gasteiger partial charge in [0, 0.05) is 5.92 Å². The van der Waals surface area contributed by atoms with E-state index in [1.54, 1.807) is 6.08 Å². The van der Waals surface area contributed by atoms with Crippen LogP contribution < -0.4 is 0 Å². The van der Waals surface area contributed by atoms with Crippen LogP contribution in [0.25, 0.3) is 16.8 Å². The van der Waals surface area contributed by atoms with E-state index in [0.717, 1.165) is 18.4 Å². The minimum absolute atomic E-state index is 0.0373. The van der Waals surface area contributed by atoms with Crippen molar-refractivity contribution in [2.75, 3.05) is 0 Å². The van der Waals surface area contributed by atoms with E-state index in [1.165, 1.54) is 10.8 Å². The number of fused-ring (bicyclic) bond motifs is 1. The van der Waals surface area contributed by atoms with Gasteiger partial charge in [-0.25, -0.2) is 4.39 Å². The molecule has 0 amide bonds. The maximum Gasteiger partial charge on any atom is 0.104 e. The van der Waals surface area contributed by atoms with Gasteiger partial charge in [0.2, 0.25) is 0 Å². The first-order valence-electron chi connectivity index (χ1n) is 5.69. The molecule has 1 aliphatic rings. The summed E-state index contributed by atoms with van der Waals surface area (Å²) in [6.45, 7) is 0. The summed E-state index contributed by atoms with van der Waals surface area (Å²) >= 11 is 0.